The molecule has 0 saturated heterocycles. The van der Waals surface area contributed by atoms with Crippen molar-refractivity contribution in [2.45, 2.75) is 38.8 Å². The van der Waals surface area contributed by atoms with Crippen LogP contribution in [0.2, 0.25) is 0 Å². The number of anilines is 1. The van der Waals surface area contributed by atoms with Crippen LogP contribution in [0.15, 0.2) is 34.7 Å². The number of hydrogen-bond acceptors (Lipinski definition) is 3. The van der Waals surface area contributed by atoms with Gasteiger partial charge in [-0.3, -0.25) is 0 Å². The zero-order valence-electron chi connectivity index (χ0n) is 12.5. The lowest BCUT2D eigenvalue weighted by Gasteiger charge is -2.33. The fourth-order valence-corrected chi connectivity index (χ4v) is 3.10. The second-order valence-electron chi connectivity index (χ2n) is 5.68. The first-order valence-corrected chi connectivity index (χ1v) is 7.47. The molecule has 1 aromatic heterocycles. The van der Waals surface area contributed by atoms with E-state index in [0.29, 0.717) is 0 Å². The van der Waals surface area contributed by atoms with Crippen LogP contribution >= 0.6 is 0 Å². The number of fused-ring (bicyclic) bond motifs is 1. The maximum Gasteiger partial charge on any atom is 0.128 e. The summed E-state index contributed by atoms with van der Waals surface area (Å²) in [6, 6.07) is 8.82. The first kappa shape index (κ1) is 14.1. The van der Waals surface area contributed by atoms with Gasteiger partial charge in [0.25, 0.3) is 0 Å². The van der Waals surface area contributed by atoms with Gasteiger partial charge in [0.05, 0.1) is 0 Å². The molecule has 0 amide bonds. The average molecular weight is 288 g/mol. The SMILES string of the molecule is CCC(N)C(c1ccc(C)o1)N1CCc2ccc(F)cc21. The fourth-order valence-electron chi connectivity index (χ4n) is 3.10. The van der Waals surface area contributed by atoms with E-state index in [-0.39, 0.29) is 17.9 Å². The second kappa shape index (κ2) is 5.53. The Morgan fingerprint density at radius 1 is 1.33 bits per heavy atom. The molecule has 2 unspecified atom stereocenters. The minimum atomic E-state index is -0.208. The number of rotatable bonds is 4. The quantitative estimate of drug-likeness (QED) is 0.935. The molecule has 2 aromatic rings. The molecule has 2 heterocycles. The maximum absolute atomic E-state index is 13.6. The Kier molecular flexibility index (Phi) is 3.72. The summed E-state index contributed by atoms with van der Waals surface area (Å²) in [4.78, 5) is 2.19. The van der Waals surface area contributed by atoms with E-state index in [2.05, 4.69) is 11.8 Å². The predicted octanol–water partition coefficient (Wildman–Crippen LogP) is 3.57. The minimum absolute atomic E-state index is 0.0493. The van der Waals surface area contributed by atoms with Crippen molar-refractivity contribution in [1.29, 1.82) is 0 Å². The van der Waals surface area contributed by atoms with Gasteiger partial charge in [-0.05, 0) is 49.6 Å². The summed E-state index contributed by atoms with van der Waals surface area (Å²) < 4.78 is 19.4. The van der Waals surface area contributed by atoms with Crippen molar-refractivity contribution in [3.8, 4) is 0 Å². The van der Waals surface area contributed by atoms with Crippen LogP contribution in [0.25, 0.3) is 0 Å². The molecule has 1 aliphatic heterocycles. The van der Waals surface area contributed by atoms with E-state index in [4.69, 9.17) is 10.2 Å². The lowest BCUT2D eigenvalue weighted by molar-refractivity contribution is 0.389. The monoisotopic (exact) mass is 288 g/mol. The van der Waals surface area contributed by atoms with E-state index in [9.17, 15) is 4.39 Å². The number of furan rings is 1. The van der Waals surface area contributed by atoms with Crippen LogP contribution < -0.4 is 10.6 Å². The molecule has 3 nitrogen and oxygen atoms in total. The van der Waals surface area contributed by atoms with E-state index in [1.807, 2.05) is 25.1 Å². The highest BCUT2D eigenvalue weighted by atomic mass is 19.1. The van der Waals surface area contributed by atoms with Gasteiger partial charge in [-0.15, -0.1) is 0 Å². The zero-order chi connectivity index (χ0) is 15.0. The van der Waals surface area contributed by atoms with Crippen molar-refractivity contribution < 1.29 is 8.81 Å². The van der Waals surface area contributed by atoms with Gasteiger partial charge in [-0.2, -0.15) is 0 Å². The van der Waals surface area contributed by atoms with Gasteiger partial charge in [0.2, 0.25) is 0 Å². The zero-order valence-corrected chi connectivity index (χ0v) is 12.5. The molecule has 2 N–H and O–H groups in total. The molecule has 4 heteroatoms. The summed E-state index contributed by atoms with van der Waals surface area (Å²) >= 11 is 0. The third-order valence-corrected chi connectivity index (χ3v) is 4.24. The molecule has 0 radical (unpaired) electrons. The van der Waals surface area contributed by atoms with Crippen LogP contribution in [0, 0.1) is 12.7 Å². The summed E-state index contributed by atoms with van der Waals surface area (Å²) in [5.74, 6) is 1.52. The molecular weight excluding hydrogens is 267 g/mol. The number of nitrogens with zero attached hydrogens (tertiary/aromatic N) is 1. The van der Waals surface area contributed by atoms with Gasteiger partial charge in [0.1, 0.15) is 23.4 Å². The average Bonchev–Trinajstić information content (AvgIpc) is 3.06. The first-order chi connectivity index (χ1) is 10.1. The minimum Gasteiger partial charge on any atom is -0.464 e. The summed E-state index contributed by atoms with van der Waals surface area (Å²) in [6.45, 7) is 4.84. The van der Waals surface area contributed by atoms with E-state index in [1.54, 1.807) is 6.07 Å². The van der Waals surface area contributed by atoms with E-state index < -0.39 is 0 Å². The first-order valence-electron chi connectivity index (χ1n) is 7.47. The van der Waals surface area contributed by atoms with E-state index in [1.165, 1.54) is 11.6 Å². The largest absolute Gasteiger partial charge is 0.464 e. The predicted molar refractivity (Wildman–Crippen MR) is 81.9 cm³/mol. The summed E-state index contributed by atoms with van der Waals surface area (Å²) in [5, 5.41) is 0. The lowest BCUT2D eigenvalue weighted by Crippen LogP contribution is -2.40. The third kappa shape index (κ3) is 2.56. The number of hydrogen-bond donors (Lipinski definition) is 1. The summed E-state index contributed by atoms with van der Waals surface area (Å²) in [7, 11) is 0. The van der Waals surface area contributed by atoms with Crippen molar-refractivity contribution >= 4 is 5.69 Å². The molecule has 0 saturated carbocycles. The topological polar surface area (TPSA) is 42.4 Å². The van der Waals surface area contributed by atoms with Crippen molar-refractivity contribution in [2.24, 2.45) is 5.73 Å². The van der Waals surface area contributed by atoms with Gasteiger partial charge >= 0.3 is 0 Å². The van der Waals surface area contributed by atoms with Crippen LogP contribution in [-0.4, -0.2) is 12.6 Å². The molecule has 0 fully saturated rings. The molecule has 21 heavy (non-hydrogen) atoms. The fraction of sp³-hybridized carbons (Fsp3) is 0.412. The lowest BCUT2D eigenvalue weighted by atomic mass is 10.0. The molecule has 3 rings (SSSR count). The van der Waals surface area contributed by atoms with Crippen molar-refractivity contribution in [3.63, 3.8) is 0 Å². The van der Waals surface area contributed by atoms with E-state index >= 15 is 0 Å². The Morgan fingerprint density at radius 3 is 2.81 bits per heavy atom. The number of halogens is 1. The standard InChI is InChI=1S/C17H21FN2O/c1-3-14(19)17(16-7-4-11(2)21-16)20-9-8-12-5-6-13(18)10-15(12)20/h4-7,10,14,17H,3,8-9,19H2,1-2H3. The Morgan fingerprint density at radius 2 is 2.14 bits per heavy atom. The van der Waals surface area contributed by atoms with Crippen molar-refractivity contribution in [2.75, 3.05) is 11.4 Å². The molecular formula is C17H21FN2O. The highest BCUT2D eigenvalue weighted by Gasteiger charge is 2.33. The summed E-state index contributed by atoms with van der Waals surface area (Å²) in [6.07, 6.45) is 1.76. The van der Waals surface area contributed by atoms with Crippen molar-refractivity contribution in [3.05, 3.63) is 53.2 Å². The summed E-state index contributed by atoms with van der Waals surface area (Å²) in [5.41, 5.74) is 8.45. The van der Waals surface area contributed by atoms with Crippen LogP contribution in [0.5, 0.6) is 0 Å². The van der Waals surface area contributed by atoms with Gasteiger partial charge in [-0.1, -0.05) is 13.0 Å². The Labute approximate surface area is 124 Å². The van der Waals surface area contributed by atoms with Crippen LogP contribution in [0.1, 0.15) is 36.5 Å². The molecule has 2 atom stereocenters. The maximum atomic E-state index is 13.6. The molecule has 0 bridgehead atoms. The second-order valence-corrected chi connectivity index (χ2v) is 5.68. The Hall–Kier alpha value is -1.81. The van der Waals surface area contributed by atoms with Gasteiger partial charge in [0.15, 0.2) is 0 Å². The van der Waals surface area contributed by atoms with E-state index in [0.717, 1.165) is 36.6 Å². The van der Waals surface area contributed by atoms with Gasteiger partial charge < -0.3 is 15.1 Å². The Balaban J connectivity index is 2.01. The van der Waals surface area contributed by atoms with Crippen molar-refractivity contribution in [1.82, 2.24) is 0 Å². The smallest absolute Gasteiger partial charge is 0.128 e. The molecule has 1 aromatic carbocycles. The number of nitrogens with two attached hydrogens (primary N) is 1. The Bertz CT molecular complexity index is 637. The van der Waals surface area contributed by atoms with Gasteiger partial charge in [-0.25, -0.2) is 4.39 Å². The molecule has 1 aliphatic rings. The number of aryl methyl sites for hydroxylation is 1. The van der Waals surface area contributed by atoms with Gasteiger partial charge in [0, 0.05) is 18.3 Å². The van der Waals surface area contributed by atoms with Crippen LogP contribution in [0.4, 0.5) is 10.1 Å². The number of benzene rings is 1. The highest BCUT2D eigenvalue weighted by Crippen LogP contribution is 2.37. The third-order valence-electron chi connectivity index (χ3n) is 4.24. The molecule has 0 spiro atoms. The highest BCUT2D eigenvalue weighted by molar-refractivity contribution is 5.59. The van der Waals surface area contributed by atoms with Crippen LogP contribution in [0.3, 0.4) is 0 Å². The molecule has 112 valence electrons. The normalized spacial score (nSPS) is 16.9. The molecule has 0 aliphatic carbocycles. The van der Waals surface area contributed by atoms with Crippen LogP contribution in [-0.2, 0) is 6.42 Å².